The topological polar surface area (TPSA) is 409 Å². The average Bonchev–Trinajstić information content (AvgIpc) is 1.63. The summed E-state index contributed by atoms with van der Waals surface area (Å²) in [6, 6.07) is 45.9. The van der Waals surface area contributed by atoms with Crippen molar-refractivity contribution in [2.45, 2.75) is 85.0 Å². The van der Waals surface area contributed by atoms with Gasteiger partial charge in [0.25, 0.3) is 23.6 Å². The molecule has 13 rings (SSSR count). The highest BCUT2D eigenvalue weighted by molar-refractivity contribution is 6.38. The molecular weight excluding hydrogens is 1250 g/mol. The number of nitrogens with zero attached hydrogens (tertiary/aromatic N) is 8. The number of primary amides is 4. The summed E-state index contributed by atoms with van der Waals surface area (Å²) in [5, 5.41) is 23.5. The van der Waals surface area contributed by atoms with Crippen LogP contribution in [0, 0.1) is 0 Å². The number of anilines is 4. The minimum atomic E-state index is -0.622. The predicted molar refractivity (Wildman–Crippen MR) is 379 cm³/mol. The Kier molecular flexibility index (Phi) is 19.5. The van der Waals surface area contributed by atoms with Crippen molar-refractivity contribution in [3.05, 3.63) is 178 Å². The molecule has 8 aromatic heterocycles. The summed E-state index contributed by atoms with van der Waals surface area (Å²) in [4.78, 5) is 76.2. The van der Waals surface area contributed by atoms with Crippen molar-refractivity contribution < 1.29 is 29.1 Å². The van der Waals surface area contributed by atoms with Gasteiger partial charge in [-0.2, -0.15) is 0 Å². The first-order valence-corrected chi connectivity index (χ1v) is 31.1. The van der Waals surface area contributed by atoms with Crippen LogP contribution in [-0.2, 0) is 37.5 Å². The molecule has 2 atom stereocenters. The molecule has 26 heteroatoms. The zero-order valence-corrected chi connectivity index (χ0v) is 54.2. The molecule has 24 nitrogen and oxygen atoms in total. The third-order valence-electron chi connectivity index (χ3n) is 15.9. The van der Waals surface area contributed by atoms with Crippen LogP contribution in [0.25, 0.3) is 87.7 Å². The van der Waals surface area contributed by atoms with Gasteiger partial charge in [0, 0.05) is 75.3 Å². The number of hydrogen-bond acceptors (Lipinski definition) is 15. The van der Waals surface area contributed by atoms with Gasteiger partial charge in [0.2, 0.25) is 5.91 Å². The summed E-state index contributed by atoms with van der Waals surface area (Å²) in [5.41, 5.74) is 53.5. The zero-order valence-electron chi connectivity index (χ0n) is 52.7. The Morgan fingerprint density at radius 3 is 1.40 bits per heavy atom. The summed E-state index contributed by atoms with van der Waals surface area (Å²) >= 11 is 11.9. The fourth-order valence-electron chi connectivity index (χ4n) is 11.9. The molecule has 0 aliphatic carbocycles. The normalized spacial score (nSPS) is 12.1. The van der Waals surface area contributed by atoms with Crippen molar-refractivity contribution in [1.29, 1.82) is 0 Å². The van der Waals surface area contributed by atoms with Crippen LogP contribution < -0.4 is 56.5 Å². The molecule has 19 N–H and O–H groups in total. The Hall–Kier alpha value is -11.1. The molecule has 95 heavy (non-hydrogen) atoms. The number of fused-ring (bicyclic) bond motifs is 12. The molecule has 488 valence electrons. The van der Waals surface area contributed by atoms with Crippen LogP contribution in [0.3, 0.4) is 0 Å². The summed E-state index contributed by atoms with van der Waals surface area (Å²) in [7, 11) is 0. The molecule has 0 bridgehead atoms. The quantitative estimate of drug-likeness (QED) is 0.0402. The second-order valence-corrected chi connectivity index (χ2v) is 24.2. The number of benzene rings is 5. The Balaban J connectivity index is 0.000000139. The molecule has 0 spiro atoms. The third-order valence-corrected chi connectivity index (χ3v) is 16.4. The second-order valence-electron chi connectivity index (χ2n) is 23.6. The van der Waals surface area contributed by atoms with E-state index in [1.54, 1.807) is 25.1 Å². The lowest BCUT2D eigenvalue weighted by atomic mass is 10.1. The Labute approximate surface area is 554 Å². The highest BCUT2D eigenvalue weighted by Gasteiger charge is 2.26. The van der Waals surface area contributed by atoms with Crippen LogP contribution in [-0.4, -0.2) is 96.4 Å². The molecule has 0 aliphatic rings. The number of carbonyl (C=O) groups is 5. The van der Waals surface area contributed by atoms with Gasteiger partial charge in [-0.25, -0.2) is 19.9 Å². The van der Waals surface area contributed by atoms with Crippen molar-refractivity contribution in [3.8, 4) is 0 Å². The fraction of sp³-hybridized carbons (Fsp3) is 0.203. The van der Waals surface area contributed by atoms with E-state index < -0.39 is 35.3 Å². The molecule has 8 heterocycles. The molecule has 0 saturated carbocycles. The number of aliphatic hydroxyl groups excluding tert-OH is 1. The van der Waals surface area contributed by atoms with E-state index in [2.05, 4.69) is 30.2 Å². The van der Waals surface area contributed by atoms with Gasteiger partial charge in [-0.3, -0.25) is 24.0 Å². The van der Waals surface area contributed by atoms with E-state index in [4.69, 9.17) is 74.1 Å². The molecule has 1 unspecified atom stereocenters. The van der Waals surface area contributed by atoms with E-state index in [1.165, 1.54) is 0 Å². The van der Waals surface area contributed by atoms with Gasteiger partial charge in [0.1, 0.15) is 51.7 Å². The lowest BCUT2D eigenvalue weighted by Crippen LogP contribution is -2.47. The maximum atomic E-state index is 12.1. The number of para-hydroxylation sites is 3. The van der Waals surface area contributed by atoms with Crippen molar-refractivity contribution in [2.75, 3.05) is 28.4 Å². The van der Waals surface area contributed by atoms with Crippen molar-refractivity contribution in [2.24, 2.45) is 28.7 Å². The van der Waals surface area contributed by atoms with E-state index in [0.717, 1.165) is 82.9 Å². The molecule has 13 aromatic rings. The molecule has 5 amide bonds. The molecule has 0 aliphatic heterocycles. The Morgan fingerprint density at radius 1 is 0.526 bits per heavy atom. The zero-order chi connectivity index (χ0) is 68.3. The number of nitrogen functional groups attached to an aromatic ring is 3. The van der Waals surface area contributed by atoms with Gasteiger partial charge in [0.05, 0.1) is 67.5 Å². The minimum Gasteiger partial charge on any atom is -0.392 e. The van der Waals surface area contributed by atoms with Gasteiger partial charge in [0.15, 0.2) is 0 Å². The number of aryl methyl sites for hydroxylation is 1. The number of rotatable bonds is 16. The molecule has 0 radical (unpaired) electrons. The van der Waals surface area contributed by atoms with E-state index in [1.807, 2.05) is 169 Å². The second kappa shape index (κ2) is 27.6. The maximum absolute atomic E-state index is 12.1. The third kappa shape index (κ3) is 13.7. The SMILES string of the molecule is CC(C)(Cn1c2ccccc2c2cc(C(N)=O)c(N)nc21)NC(=O)CCl.CC(O)Cn1c2ccccc2c2cc(C(N)=O)c(N)nc21.CCn1c2cccc(Cl)c2c2cc(C(N)=O)c(N)nc21.C[C@H](N)Cn1c2ccccc2c2cc(C(N)=O)c(NCc3ccccc3)nc21. The van der Waals surface area contributed by atoms with Crippen LogP contribution in [0.1, 0.15) is 81.6 Å². The van der Waals surface area contributed by atoms with Crippen LogP contribution in [0.2, 0.25) is 5.02 Å². The van der Waals surface area contributed by atoms with Crippen LogP contribution >= 0.6 is 23.2 Å². The molecule has 5 aromatic carbocycles. The van der Waals surface area contributed by atoms with Crippen molar-refractivity contribution in [3.63, 3.8) is 0 Å². The Bertz CT molecular complexity index is 5150. The lowest BCUT2D eigenvalue weighted by molar-refractivity contribution is -0.120. The predicted octanol–water partition coefficient (Wildman–Crippen LogP) is 9.05. The summed E-state index contributed by atoms with van der Waals surface area (Å²) < 4.78 is 7.99. The smallest absolute Gasteiger partial charge is 0.252 e. The Morgan fingerprint density at radius 2 is 0.937 bits per heavy atom. The number of nitrogens with two attached hydrogens (primary N) is 8. The number of alkyl halides is 1. The number of aromatic nitrogens is 8. The highest BCUT2D eigenvalue weighted by Crippen LogP contribution is 2.37. The summed E-state index contributed by atoms with van der Waals surface area (Å²) in [5.74, 6) is -1.88. The first-order valence-electron chi connectivity index (χ1n) is 30.2. The van der Waals surface area contributed by atoms with Crippen LogP contribution in [0.5, 0.6) is 0 Å². The van der Waals surface area contributed by atoms with Crippen molar-refractivity contribution in [1.82, 2.24) is 43.5 Å². The van der Waals surface area contributed by atoms with Gasteiger partial charge in [-0.1, -0.05) is 103 Å². The summed E-state index contributed by atoms with van der Waals surface area (Å²) in [6.07, 6.45) is -0.525. The van der Waals surface area contributed by atoms with Gasteiger partial charge in [-0.15, -0.1) is 11.6 Å². The number of pyridine rings is 4. The number of aliphatic hydroxyl groups is 1. The first kappa shape index (κ1) is 66.9. The first-order chi connectivity index (χ1) is 45.3. The van der Waals surface area contributed by atoms with E-state index >= 15 is 0 Å². The number of nitrogens with one attached hydrogen (secondary N) is 2. The van der Waals surface area contributed by atoms with E-state index in [9.17, 15) is 29.1 Å². The lowest BCUT2D eigenvalue weighted by Gasteiger charge is -2.27. The summed E-state index contributed by atoms with van der Waals surface area (Å²) in [6.45, 7) is 12.2. The van der Waals surface area contributed by atoms with E-state index in [0.29, 0.717) is 59.5 Å². The monoisotopic (exact) mass is 1320 g/mol. The number of hydrogen-bond donors (Lipinski definition) is 11. The fourth-order valence-corrected chi connectivity index (χ4v) is 12.2. The standard InChI is InChI=1S/C22H23N5O.C18H20ClN5O2.C15H16N4O2.C14H13ClN4O/c1-14(23)13-27-19-10-6-5-9-16(19)17-11-18(20(24)28)21(26-22(17)27)25-12-15-7-3-2-4-8-15;1-18(2,23-14(25)8-19)9-24-13-6-4-3-5-10(13)11-7-12(16(21)26)15(20)22-17(11)24;1-8(20)7-19-12-5-3-2-4-9(12)10-6-11(14(17)21)13(16)18-15(10)19;1-2-19-10-5-3-4-9(15)11(10)7-6-8(13(17)20)12(16)18-14(7)19/h2-11,14H,12-13,23H2,1H3,(H2,24,28)(H,25,26);3-7H,8-9H2,1-2H3,(H2,20,22)(H2,21,26)(H,23,25);2-6,8,20H,7H2,1H3,(H2,16,18)(H2,17,21);3-6H,2H2,1H3,(H2,16,18)(H2,17,20)/t14-;;;/m0.../s1. The molecule has 0 fully saturated rings. The number of carbonyl (C=O) groups excluding carboxylic acids is 5. The van der Waals surface area contributed by atoms with Gasteiger partial charge >= 0.3 is 0 Å². The molecule has 0 saturated heterocycles. The van der Waals surface area contributed by atoms with Crippen LogP contribution in [0.4, 0.5) is 23.3 Å². The number of amides is 5. The van der Waals surface area contributed by atoms with Crippen LogP contribution in [0.15, 0.2) is 146 Å². The average molecular weight is 1320 g/mol. The number of halogens is 2. The van der Waals surface area contributed by atoms with Gasteiger partial charge in [-0.05, 0) is 94.8 Å². The largest absolute Gasteiger partial charge is 0.392 e. The molecular formula is C69H72Cl2N18O6. The van der Waals surface area contributed by atoms with E-state index in [-0.39, 0.29) is 52.0 Å². The van der Waals surface area contributed by atoms with Gasteiger partial charge < -0.3 is 79.9 Å². The minimum absolute atomic E-state index is 0.0302. The highest BCUT2D eigenvalue weighted by atomic mass is 35.5. The maximum Gasteiger partial charge on any atom is 0.252 e. The van der Waals surface area contributed by atoms with Crippen molar-refractivity contribution >= 4 is 164 Å².